The average molecular weight is 442 g/mol. The number of hydrogen-bond donors (Lipinski definition) is 4. The number of carbonyl (C=O) groups excluding carboxylic acids is 1. The van der Waals surface area contributed by atoms with Crippen molar-refractivity contribution in [1.82, 2.24) is 5.48 Å². The van der Waals surface area contributed by atoms with Crippen molar-refractivity contribution in [3.8, 4) is 0 Å². The molecule has 0 saturated carbocycles. The Kier molecular flexibility index (Phi) is 8.40. The smallest absolute Gasteiger partial charge is 0.277 e. The van der Waals surface area contributed by atoms with Crippen molar-refractivity contribution >= 4 is 17.3 Å². The number of benzene rings is 2. The highest BCUT2D eigenvalue weighted by Crippen LogP contribution is 2.31. The normalized spacial score (nSPS) is 11.5. The number of aliphatic hydroxyl groups excluding tert-OH is 2. The highest BCUT2D eigenvalue weighted by atomic mass is 19.2. The molecule has 0 fully saturated rings. The van der Waals surface area contributed by atoms with E-state index in [2.05, 4.69) is 5.32 Å². The summed E-state index contributed by atoms with van der Waals surface area (Å²) in [5.74, 6) is -4.39. The number of rotatable bonds is 10. The van der Waals surface area contributed by atoms with Gasteiger partial charge < -0.3 is 20.3 Å². The third-order valence-corrected chi connectivity index (χ3v) is 4.27. The maximum Gasteiger partial charge on any atom is 0.277 e. The second-order valence-electron chi connectivity index (χ2n) is 7.40. The molecule has 2 aromatic carbocycles. The van der Waals surface area contributed by atoms with Gasteiger partial charge in [0.2, 0.25) is 0 Å². The van der Waals surface area contributed by atoms with Gasteiger partial charge in [-0.25, -0.2) is 18.7 Å². The zero-order valence-corrected chi connectivity index (χ0v) is 17.4. The van der Waals surface area contributed by atoms with Crippen LogP contribution in [0, 0.1) is 24.4 Å². The molecule has 0 spiro atoms. The van der Waals surface area contributed by atoms with E-state index in [4.69, 9.17) is 14.7 Å². The van der Waals surface area contributed by atoms with Crippen molar-refractivity contribution in [3.05, 3.63) is 58.4 Å². The number of carbonyl (C=O) groups is 1. The van der Waals surface area contributed by atoms with Gasteiger partial charge in [0.05, 0.1) is 49.0 Å². The van der Waals surface area contributed by atoms with Crippen LogP contribution in [-0.2, 0) is 16.2 Å². The van der Waals surface area contributed by atoms with Crippen LogP contribution in [0.15, 0.2) is 24.3 Å². The highest BCUT2D eigenvalue weighted by Gasteiger charge is 2.25. The second kappa shape index (κ2) is 10.6. The van der Waals surface area contributed by atoms with Crippen LogP contribution >= 0.6 is 0 Å². The summed E-state index contributed by atoms with van der Waals surface area (Å²) in [7, 11) is 0. The molecule has 0 atom stereocenters. The van der Waals surface area contributed by atoms with Crippen LogP contribution in [0.2, 0.25) is 0 Å². The number of aryl methyl sites for hydroxylation is 1. The maximum atomic E-state index is 14.9. The topological polar surface area (TPSA) is 100 Å². The fraction of sp³-hybridized carbons (Fsp3) is 0.381. The van der Waals surface area contributed by atoms with Gasteiger partial charge in [-0.2, -0.15) is 0 Å². The molecular formula is C21H25F3N2O5. The fourth-order valence-corrected chi connectivity index (χ4v) is 2.48. The summed E-state index contributed by atoms with van der Waals surface area (Å²) in [6, 6.07) is 5.12. The number of halogens is 3. The molecule has 7 nitrogen and oxygen atoms in total. The Labute approximate surface area is 177 Å². The third kappa shape index (κ3) is 6.41. The van der Waals surface area contributed by atoms with Gasteiger partial charge in [-0.3, -0.25) is 9.63 Å². The lowest BCUT2D eigenvalue weighted by molar-refractivity contribution is -0.0642. The van der Waals surface area contributed by atoms with Gasteiger partial charge in [0.15, 0.2) is 11.6 Å². The van der Waals surface area contributed by atoms with Crippen molar-refractivity contribution in [1.29, 1.82) is 0 Å². The van der Waals surface area contributed by atoms with E-state index in [1.807, 2.05) is 5.48 Å². The number of nitrogens with one attached hydrogen (secondary N) is 2. The van der Waals surface area contributed by atoms with Crippen LogP contribution in [0.4, 0.5) is 24.5 Å². The van der Waals surface area contributed by atoms with E-state index >= 15 is 0 Å². The van der Waals surface area contributed by atoms with Crippen molar-refractivity contribution in [2.75, 3.05) is 25.1 Å². The molecule has 0 aliphatic carbocycles. The molecule has 0 bridgehead atoms. The number of hydrogen-bond acceptors (Lipinski definition) is 6. The van der Waals surface area contributed by atoms with Crippen LogP contribution in [0.5, 0.6) is 0 Å². The van der Waals surface area contributed by atoms with Crippen molar-refractivity contribution in [3.63, 3.8) is 0 Å². The monoisotopic (exact) mass is 442 g/mol. The van der Waals surface area contributed by atoms with E-state index in [1.54, 1.807) is 26.8 Å². The molecule has 2 rings (SSSR count). The zero-order valence-electron chi connectivity index (χ0n) is 17.4. The molecule has 4 N–H and O–H groups in total. The quantitative estimate of drug-likeness (QED) is 0.333. The van der Waals surface area contributed by atoms with Gasteiger partial charge >= 0.3 is 0 Å². The van der Waals surface area contributed by atoms with E-state index in [1.165, 1.54) is 12.1 Å². The molecular weight excluding hydrogens is 417 g/mol. The molecule has 10 heteroatoms. The molecule has 0 unspecified atom stereocenters. The predicted molar refractivity (Wildman–Crippen MR) is 107 cm³/mol. The first-order chi connectivity index (χ1) is 14.6. The van der Waals surface area contributed by atoms with Gasteiger partial charge in [0, 0.05) is 5.56 Å². The van der Waals surface area contributed by atoms with Gasteiger partial charge in [-0.15, -0.1) is 0 Å². The Hall–Kier alpha value is -2.66. The highest BCUT2D eigenvalue weighted by molar-refractivity contribution is 6.00. The van der Waals surface area contributed by atoms with E-state index < -0.39 is 41.3 Å². The number of amides is 1. The van der Waals surface area contributed by atoms with Gasteiger partial charge in [-0.1, -0.05) is 6.07 Å². The Morgan fingerprint density at radius 3 is 2.45 bits per heavy atom. The zero-order chi connectivity index (χ0) is 23.2. The lowest BCUT2D eigenvalue weighted by atomic mass is 10.1. The van der Waals surface area contributed by atoms with Crippen LogP contribution in [0.25, 0.3) is 0 Å². The minimum absolute atomic E-state index is 0.167. The van der Waals surface area contributed by atoms with E-state index in [0.717, 1.165) is 6.07 Å². The lowest BCUT2D eigenvalue weighted by Crippen LogP contribution is -2.29. The summed E-state index contributed by atoms with van der Waals surface area (Å²) in [6.07, 6.45) is 0. The maximum absolute atomic E-state index is 14.9. The summed E-state index contributed by atoms with van der Waals surface area (Å²) in [5.41, 5.74) is 0.153. The summed E-state index contributed by atoms with van der Waals surface area (Å²) in [5, 5.41) is 20.5. The molecule has 31 heavy (non-hydrogen) atoms. The summed E-state index contributed by atoms with van der Waals surface area (Å²) in [4.78, 5) is 17.3. The summed E-state index contributed by atoms with van der Waals surface area (Å²) in [6.45, 7) is 3.34. The number of aliphatic hydroxyl groups is 2. The van der Waals surface area contributed by atoms with Crippen LogP contribution in [0.1, 0.15) is 35.3 Å². The molecule has 0 heterocycles. The first kappa shape index (κ1) is 24.6. The average Bonchev–Trinajstić information content (AvgIpc) is 2.72. The predicted octanol–water partition coefficient (Wildman–Crippen LogP) is 3.10. The van der Waals surface area contributed by atoms with Crippen molar-refractivity contribution in [2.45, 2.75) is 33.0 Å². The molecule has 170 valence electrons. The molecule has 1 amide bonds. The first-order valence-corrected chi connectivity index (χ1v) is 9.41. The minimum Gasteiger partial charge on any atom is -0.394 e. The summed E-state index contributed by atoms with van der Waals surface area (Å²) >= 11 is 0. The molecule has 0 aromatic heterocycles. The second-order valence-corrected chi connectivity index (χ2v) is 7.40. The minimum atomic E-state index is -1.42. The molecule has 2 aromatic rings. The van der Waals surface area contributed by atoms with Crippen LogP contribution in [-0.4, -0.2) is 41.5 Å². The van der Waals surface area contributed by atoms with E-state index in [-0.39, 0.29) is 36.6 Å². The molecule has 0 aliphatic heterocycles. The molecule has 0 saturated heterocycles. The Morgan fingerprint density at radius 1 is 1.13 bits per heavy atom. The standard InChI is InChI=1S/C21H25F3N2O5/c1-12-4-5-16(15(22)8-12)25-19-14(20(29)26-31-7-6-27)9-13(17(23)18(19)24)10-30-21(2,3)11-28/h4-5,8-9,25,27-28H,6-7,10-11H2,1-3H3,(H,26,29). The molecule has 0 aliphatic rings. The Bertz CT molecular complexity index is 938. The number of hydroxylamine groups is 1. The van der Waals surface area contributed by atoms with E-state index in [0.29, 0.717) is 5.56 Å². The van der Waals surface area contributed by atoms with Crippen LogP contribution < -0.4 is 10.8 Å². The Balaban J connectivity index is 2.48. The van der Waals surface area contributed by atoms with Gasteiger partial charge in [0.25, 0.3) is 5.91 Å². The SMILES string of the molecule is Cc1ccc(Nc2c(C(=O)NOCCO)cc(COC(C)(C)CO)c(F)c2F)c(F)c1. The fourth-order valence-electron chi connectivity index (χ4n) is 2.48. The first-order valence-electron chi connectivity index (χ1n) is 9.41. The van der Waals surface area contributed by atoms with Crippen molar-refractivity contribution < 1.29 is 37.8 Å². The van der Waals surface area contributed by atoms with Gasteiger partial charge in [0.1, 0.15) is 5.82 Å². The third-order valence-electron chi connectivity index (χ3n) is 4.27. The van der Waals surface area contributed by atoms with Gasteiger partial charge in [-0.05, 0) is 44.5 Å². The number of ether oxygens (including phenoxy) is 1. The molecule has 0 radical (unpaired) electrons. The number of anilines is 2. The summed E-state index contributed by atoms with van der Waals surface area (Å²) < 4.78 is 49.3. The van der Waals surface area contributed by atoms with E-state index in [9.17, 15) is 23.1 Å². The lowest BCUT2D eigenvalue weighted by Gasteiger charge is -2.23. The van der Waals surface area contributed by atoms with Crippen LogP contribution in [0.3, 0.4) is 0 Å². The Morgan fingerprint density at radius 2 is 1.84 bits per heavy atom. The van der Waals surface area contributed by atoms with Crippen molar-refractivity contribution in [2.24, 2.45) is 0 Å². The largest absolute Gasteiger partial charge is 0.394 e.